The molecule has 1 aromatic rings. The fraction of sp³-hybridized carbons (Fsp3) is 0.562. The topological polar surface area (TPSA) is 32.3 Å². The number of carbonyl (C=O) groups excluding carboxylic acids is 1. The summed E-state index contributed by atoms with van der Waals surface area (Å²) in [6.45, 7) is 8.25. The summed E-state index contributed by atoms with van der Waals surface area (Å²) in [6, 6.07) is 7.73. The highest BCUT2D eigenvalue weighted by Gasteiger charge is 2.11. The van der Waals surface area contributed by atoms with Gasteiger partial charge in [0.05, 0.1) is 0 Å². The van der Waals surface area contributed by atoms with E-state index in [4.69, 9.17) is 0 Å². The van der Waals surface area contributed by atoms with Crippen LogP contribution in [0.3, 0.4) is 0 Å². The third-order valence-corrected chi connectivity index (χ3v) is 3.10. The molecule has 1 amide bonds. The molecule has 1 N–H and O–H groups in total. The van der Waals surface area contributed by atoms with E-state index in [1.165, 1.54) is 0 Å². The molecule has 0 aliphatic heterocycles. The molecule has 3 heteroatoms. The molecule has 1 rings (SSSR count). The molecule has 106 valence electrons. The Kier molecular flexibility index (Phi) is 6.40. The molecule has 0 saturated carbocycles. The number of nitrogens with zero attached hydrogens (tertiary/aromatic N) is 1. The first-order valence-electron chi connectivity index (χ1n) is 7.14. The van der Waals surface area contributed by atoms with E-state index < -0.39 is 0 Å². The minimum atomic E-state index is 0.0997. The maximum absolute atomic E-state index is 12.2. The van der Waals surface area contributed by atoms with Gasteiger partial charge in [0.2, 0.25) is 0 Å². The van der Waals surface area contributed by atoms with Crippen LogP contribution < -0.4 is 5.32 Å². The van der Waals surface area contributed by atoms with E-state index in [-0.39, 0.29) is 5.91 Å². The number of hydrogen-bond donors (Lipinski definition) is 1. The Morgan fingerprint density at radius 1 is 1.26 bits per heavy atom. The van der Waals surface area contributed by atoms with Gasteiger partial charge in [0.15, 0.2) is 0 Å². The van der Waals surface area contributed by atoms with Gasteiger partial charge in [0.25, 0.3) is 5.91 Å². The van der Waals surface area contributed by atoms with Crippen molar-refractivity contribution in [2.24, 2.45) is 5.92 Å². The molecule has 3 nitrogen and oxygen atoms in total. The Bertz CT molecular complexity index is 384. The van der Waals surface area contributed by atoms with Gasteiger partial charge in [-0.2, -0.15) is 0 Å². The molecule has 1 aromatic carbocycles. The molecule has 0 unspecified atom stereocenters. The third-order valence-electron chi connectivity index (χ3n) is 3.10. The lowest BCUT2D eigenvalue weighted by Crippen LogP contribution is -2.28. The third kappa shape index (κ3) is 5.33. The molecule has 19 heavy (non-hydrogen) atoms. The van der Waals surface area contributed by atoms with Crippen LogP contribution in [0.4, 0.5) is 5.69 Å². The van der Waals surface area contributed by atoms with Crippen molar-refractivity contribution < 1.29 is 4.79 Å². The first-order valence-corrected chi connectivity index (χ1v) is 7.14. The Balaban J connectivity index is 2.56. The van der Waals surface area contributed by atoms with Crippen molar-refractivity contribution >= 4 is 11.6 Å². The van der Waals surface area contributed by atoms with Crippen LogP contribution in [0.25, 0.3) is 0 Å². The monoisotopic (exact) mass is 262 g/mol. The molecule has 0 aliphatic carbocycles. The summed E-state index contributed by atoms with van der Waals surface area (Å²) in [5.74, 6) is 0.721. The zero-order valence-corrected chi connectivity index (χ0v) is 12.6. The summed E-state index contributed by atoms with van der Waals surface area (Å²) >= 11 is 0. The molecule has 0 aromatic heterocycles. The van der Waals surface area contributed by atoms with E-state index >= 15 is 0 Å². The fourth-order valence-electron chi connectivity index (χ4n) is 1.77. The van der Waals surface area contributed by atoms with Crippen molar-refractivity contribution in [1.82, 2.24) is 4.90 Å². The predicted molar refractivity (Wildman–Crippen MR) is 81.6 cm³/mol. The number of carbonyl (C=O) groups is 1. The SMILES string of the molecule is CCCNc1ccc(C(=O)N(C)CCC(C)C)cc1. The van der Waals surface area contributed by atoms with Gasteiger partial charge in [-0.25, -0.2) is 0 Å². The van der Waals surface area contributed by atoms with Crippen molar-refractivity contribution in [1.29, 1.82) is 0 Å². The molecule has 0 bridgehead atoms. The van der Waals surface area contributed by atoms with Crippen molar-refractivity contribution in [3.63, 3.8) is 0 Å². The minimum absolute atomic E-state index is 0.0997. The largest absolute Gasteiger partial charge is 0.385 e. The maximum atomic E-state index is 12.2. The second kappa shape index (κ2) is 7.82. The summed E-state index contributed by atoms with van der Waals surface area (Å²) in [5.41, 5.74) is 1.83. The average Bonchev–Trinajstić information content (AvgIpc) is 2.42. The highest BCUT2D eigenvalue weighted by molar-refractivity contribution is 5.94. The van der Waals surface area contributed by atoms with Crippen molar-refractivity contribution in [3.8, 4) is 0 Å². The Morgan fingerprint density at radius 3 is 2.42 bits per heavy atom. The molecule has 0 spiro atoms. The Hall–Kier alpha value is -1.51. The fourth-order valence-corrected chi connectivity index (χ4v) is 1.77. The Morgan fingerprint density at radius 2 is 1.89 bits per heavy atom. The number of benzene rings is 1. The smallest absolute Gasteiger partial charge is 0.253 e. The minimum Gasteiger partial charge on any atom is -0.385 e. The second-order valence-electron chi connectivity index (χ2n) is 5.41. The van der Waals surface area contributed by atoms with Crippen molar-refractivity contribution in [2.45, 2.75) is 33.6 Å². The van der Waals surface area contributed by atoms with E-state index in [0.29, 0.717) is 5.92 Å². The van der Waals surface area contributed by atoms with E-state index in [0.717, 1.165) is 37.2 Å². The summed E-state index contributed by atoms with van der Waals surface area (Å²) in [4.78, 5) is 14.0. The van der Waals surface area contributed by atoms with Crippen LogP contribution in [-0.2, 0) is 0 Å². The van der Waals surface area contributed by atoms with Gasteiger partial charge < -0.3 is 10.2 Å². The lowest BCUT2D eigenvalue weighted by Gasteiger charge is -2.18. The van der Waals surface area contributed by atoms with Gasteiger partial charge in [-0.3, -0.25) is 4.79 Å². The summed E-state index contributed by atoms with van der Waals surface area (Å²) in [5, 5.41) is 3.30. The molecular weight excluding hydrogens is 236 g/mol. The summed E-state index contributed by atoms with van der Waals surface area (Å²) in [6.07, 6.45) is 2.14. The van der Waals surface area contributed by atoms with Crippen LogP contribution in [-0.4, -0.2) is 30.9 Å². The Labute approximate surface area is 117 Å². The first-order chi connectivity index (χ1) is 9.04. The van der Waals surface area contributed by atoms with Crippen molar-refractivity contribution in [2.75, 3.05) is 25.5 Å². The van der Waals surface area contributed by atoms with Crippen molar-refractivity contribution in [3.05, 3.63) is 29.8 Å². The van der Waals surface area contributed by atoms with Crippen LogP contribution in [0.1, 0.15) is 44.0 Å². The molecule has 0 aliphatic rings. The van der Waals surface area contributed by atoms with E-state index in [1.54, 1.807) is 4.90 Å². The summed E-state index contributed by atoms with van der Waals surface area (Å²) in [7, 11) is 1.87. The maximum Gasteiger partial charge on any atom is 0.253 e. The first kappa shape index (κ1) is 15.5. The predicted octanol–water partition coefficient (Wildman–Crippen LogP) is 3.63. The molecular formula is C16H26N2O. The number of rotatable bonds is 7. The quantitative estimate of drug-likeness (QED) is 0.814. The van der Waals surface area contributed by atoms with Crippen LogP contribution in [0.15, 0.2) is 24.3 Å². The standard InChI is InChI=1S/C16H26N2O/c1-5-11-17-15-8-6-14(7-9-15)16(19)18(4)12-10-13(2)3/h6-9,13,17H,5,10-12H2,1-4H3. The molecule has 0 heterocycles. The van der Waals surface area contributed by atoms with Crippen LogP contribution in [0, 0.1) is 5.92 Å². The second-order valence-corrected chi connectivity index (χ2v) is 5.41. The normalized spacial score (nSPS) is 10.6. The highest BCUT2D eigenvalue weighted by atomic mass is 16.2. The zero-order valence-electron chi connectivity index (χ0n) is 12.6. The van der Waals surface area contributed by atoms with Gasteiger partial charge in [-0.05, 0) is 43.0 Å². The van der Waals surface area contributed by atoms with Crippen LogP contribution in [0.2, 0.25) is 0 Å². The highest BCUT2D eigenvalue weighted by Crippen LogP contribution is 2.12. The zero-order chi connectivity index (χ0) is 14.3. The van der Waals surface area contributed by atoms with Gasteiger partial charge >= 0.3 is 0 Å². The number of amides is 1. The van der Waals surface area contributed by atoms with E-state index in [9.17, 15) is 4.79 Å². The van der Waals surface area contributed by atoms with Gasteiger partial charge in [-0.1, -0.05) is 20.8 Å². The van der Waals surface area contributed by atoms with Gasteiger partial charge in [0, 0.05) is 31.4 Å². The number of nitrogens with one attached hydrogen (secondary N) is 1. The molecule has 0 fully saturated rings. The van der Waals surface area contributed by atoms with Gasteiger partial charge in [0.1, 0.15) is 0 Å². The number of hydrogen-bond acceptors (Lipinski definition) is 2. The van der Waals surface area contributed by atoms with E-state index in [2.05, 4.69) is 26.1 Å². The lowest BCUT2D eigenvalue weighted by atomic mass is 10.1. The number of anilines is 1. The van der Waals surface area contributed by atoms with E-state index in [1.807, 2.05) is 31.3 Å². The van der Waals surface area contributed by atoms with Crippen LogP contribution in [0.5, 0.6) is 0 Å². The van der Waals surface area contributed by atoms with Gasteiger partial charge in [-0.15, -0.1) is 0 Å². The molecule has 0 saturated heterocycles. The average molecular weight is 262 g/mol. The summed E-state index contributed by atoms with van der Waals surface area (Å²) < 4.78 is 0. The lowest BCUT2D eigenvalue weighted by molar-refractivity contribution is 0.0789. The molecule has 0 atom stereocenters. The molecule has 0 radical (unpaired) electrons. The van der Waals surface area contributed by atoms with Crippen LogP contribution >= 0.6 is 0 Å².